The van der Waals surface area contributed by atoms with Gasteiger partial charge in [-0.2, -0.15) is 0 Å². The van der Waals surface area contributed by atoms with Gasteiger partial charge in [0.15, 0.2) is 0 Å². The first-order chi connectivity index (χ1) is 14.4. The van der Waals surface area contributed by atoms with Gasteiger partial charge in [-0.3, -0.25) is 9.59 Å². The van der Waals surface area contributed by atoms with Crippen LogP contribution in [0, 0.1) is 0 Å². The highest BCUT2D eigenvalue weighted by Gasteiger charge is 2.40. The van der Waals surface area contributed by atoms with Crippen molar-refractivity contribution in [2.45, 2.75) is 11.3 Å². The molecular formula is C21H24ClN3O5S. The van der Waals surface area contributed by atoms with Gasteiger partial charge < -0.3 is 14.5 Å². The maximum atomic E-state index is 12.6. The van der Waals surface area contributed by atoms with Crippen LogP contribution in [0.5, 0.6) is 5.75 Å². The van der Waals surface area contributed by atoms with E-state index >= 15 is 0 Å². The molecule has 1 saturated heterocycles. The molecule has 2 amide bonds. The normalized spacial score (nSPS) is 17.2. The number of rotatable bonds is 5. The quantitative estimate of drug-likeness (QED) is 0.671. The SMILES string of the molecule is COc1ccc(N2CCN(C(=O)CCN3C(=O)c4ccccc4S3(=O)=O)CC2)cc1.Cl. The predicted octanol–water partition coefficient (Wildman–Crippen LogP) is 2.00. The number of nitrogens with zero attached hydrogens (tertiary/aromatic N) is 3. The van der Waals surface area contributed by atoms with Gasteiger partial charge in [0, 0.05) is 44.8 Å². The zero-order chi connectivity index (χ0) is 21.3. The number of benzene rings is 2. The second-order valence-electron chi connectivity index (χ2n) is 7.19. The topological polar surface area (TPSA) is 87.2 Å². The zero-order valence-corrected chi connectivity index (χ0v) is 18.7. The maximum absolute atomic E-state index is 12.6. The molecule has 0 N–H and O–H groups in total. The van der Waals surface area contributed by atoms with Crippen molar-refractivity contribution in [1.29, 1.82) is 0 Å². The molecule has 0 aliphatic carbocycles. The average molecular weight is 466 g/mol. The van der Waals surface area contributed by atoms with Crippen LogP contribution < -0.4 is 9.64 Å². The van der Waals surface area contributed by atoms with Crippen molar-refractivity contribution in [1.82, 2.24) is 9.21 Å². The smallest absolute Gasteiger partial charge is 0.269 e. The van der Waals surface area contributed by atoms with Crippen LogP contribution in [-0.4, -0.2) is 69.3 Å². The van der Waals surface area contributed by atoms with Crippen LogP contribution in [0.1, 0.15) is 16.8 Å². The fraction of sp³-hybridized carbons (Fsp3) is 0.333. The molecule has 10 heteroatoms. The molecule has 0 spiro atoms. The fourth-order valence-corrected chi connectivity index (χ4v) is 5.38. The van der Waals surface area contributed by atoms with Crippen molar-refractivity contribution < 1.29 is 22.7 Å². The molecule has 0 unspecified atom stereocenters. The second kappa shape index (κ2) is 9.15. The molecule has 0 saturated carbocycles. The summed E-state index contributed by atoms with van der Waals surface area (Å²) in [6, 6.07) is 13.9. The van der Waals surface area contributed by atoms with Crippen molar-refractivity contribution in [3.05, 3.63) is 54.1 Å². The molecule has 8 nitrogen and oxygen atoms in total. The van der Waals surface area contributed by atoms with Crippen molar-refractivity contribution >= 4 is 39.9 Å². The summed E-state index contributed by atoms with van der Waals surface area (Å²) in [4.78, 5) is 29.0. The molecule has 31 heavy (non-hydrogen) atoms. The van der Waals surface area contributed by atoms with Gasteiger partial charge in [0.2, 0.25) is 5.91 Å². The Kier molecular flexibility index (Phi) is 6.76. The monoisotopic (exact) mass is 465 g/mol. The lowest BCUT2D eigenvalue weighted by Crippen LogP contribution is -2.49. The van der Waals surface area contributed by atoms with Crippen LogP contribution >= 0.6 is 12.4 Å². The Morgan fingerprint density at radius 3 is 2.26 bits per heavy atom. The molecule has 2 aromatic carbocycles. The van der Waals surface area contributed by atoms with E-state index in [9.17, 15) is 18.0 Å². The second-order valence-corrected chi connectivity index (χ2v) is 9.03. The average Bonchev–Trinajstić information content (AvgIpc) is 2.98. The van der Waals surface area contributed by atoms with Crippen molar-refractivity contribution in [3.8, 4) is 5.75 Å². The number of fused-ring (bicyclic) bond motifs is 1. The van der Waals surface area contributed by atoms with Crippen LogP contribution in [0.15, 0.2) is 53.4 Å². The van der Waals surface area contributed by atoms with E-state index < -0.39 is 15.9 Å². The summed E-state index contributed by atoms with van der Waals surface area (Å²) in [6.45, 7) is 2.32. The van der Waals surface area contributed by atoms with Crippen LogP contribution in [0.2, 0.25) is 0 Å². The third-order valence-electron chi connectivity index (χ3n) is 5.51. The van der Waals surface area contributed by atoms with Gasteiger partial charge in [0.1, 0.15) is 10.6 Å². The highest BCUT2D eigenvalue weighted by molar-refractivity contribution is 7.90. The largest absolute Gasteiger partial charge is 0.497 e. The Labute approximate surface area is 187 Å². The zero-order valence-electron chi connectivity index (χ0n) is 17.1. The van der Waals surface area contributed by atoms with Gasteiger partial charge in [0.05, 0.1) is 12.7 Å². The van der Waals surface area contributed by atoms with E-state index in [2.05, 4.69) is 4.90 Å². The lowest BCUT2D eigenvalue weighted by Gasteiger charge is -2.36. The third kappa shape index (κ3) is 4.33. The number of hydrogen-bond donors (Lipinski definition) is 0. The minimum absolute atomic E-state index is 0. The summed E-state index contributed by atoms with van der Waals surface area (Å²) in [5.74, 6) is 0.0761. The molecule has 2 aliphatic heterocycles. The van der Waals surface area contributed by atoms with Gasteiger partial charge in [-0.05, 0) is 36.4 Å². The van der Waals surface area contributed by atoms with E-state index in [1.54, 1.807) is 24.1 Å². The van der Waals surface area contributed by atoms with Crippen LogP contribution in [-0.2, 0) is 14.8 Å². The predicted molar refractivity (Wildman–Crippen MR) is 118 cm³/mol. The molecule has 0 atom stereocenters. The van der Waals surface area contributed by atoms with Gasteiger partial charge in [-0.1, -0.05) is 12.1 Å². The first-order valence-corrected chi connectivity index (χ1v) is 11.2. The Balaban J connectivity index is 0.00000272. The Morgan fingerprint density at radius 1 is 1.00 bits per heavy atom. The molecule has 2 heterocycles. The summed E-state index contributed by atoms with van der Waals surface area (Å²) in [5.41, 5.74) is 1.23. The summed E-state index contributed by atoms with van der Waals surface area (Å²) in [7, 11) is -2.25. The van der Waals surface area contributed by atoms with E-state index in [4.69, 9.17) is 4.74 Å². The lowest BCUT2D eigenvalue weighted by molar-refractivity contribution is -0.131. The molecule has 2 aromatic rings. The molecule has 166 valence electrons. The van der Waals surface area contributed by atoms with Gasteiger partial charge >= 0.3 is 0 Å². The molecule has 0 aromatic heterocycles. The van der Waals surface area contributed by atoms with E-state index in [-0.39, 0.29) is 41.7 Å². The summed E-state index contributed by atoms with van der Waals surface area (Å²) >= 11 is 0. The van der Waals surface area contributed by atoms with E-state index in [1.165, 1.54) is 12.1 Å². The van der Waals surface area contributed by atoms with Crippen LogP contribution in [0.25, 0.3) is 0 Å². The molecular weight excluding hydrogens is 442 g/mol. The van der Waals surface area contributed by atoms with Gasteiger partial charge in [0.25, 0.3) is 15.9 Å². The minimum Gasteiger partial charge on any atom is -0.497 e. The lowest BCUT2D eigenvalue weighted by atomic mass is 10.2. The van der Waals surface area contributed by atoms with E-state index in [0.717, 1.165) is 15.7 Å². The van der Waals surface area contributed by atoms with E-state index in [1.807, 2.05) is 24.3 Å². The van der Waals surface area contributed by atoms with Crippen LogP contribution in [0.3, 0.4) is 0 Å². The van der Waals surface area contributed by atoms with E-state index in [0.29, 0.717) is 26.2 Å². The molecule has 4 rings (SSSR count). The molecule has 0 bridgehead atoms. The number of piperazine rings is 1. The van der Waals surface area contributed by atoms with Crippen molar-refractivity contribution in [2.75, 3.05) is 44.7 Å². The molecule has 2 aliphatic rings. The highest BCUT2D eigenvalue weighted by Crippen LogP contribution is 2.30. The number of carbonyl (C=O) groups excluding carboxylic acids is 2. The number of amides is 2. The van der Waals surface area contributed by atoms with Gasteiger partial charge in [-0.25, -0.2) is 12.7 Å². The first-order valence-electron chi connectivity index (χ1n) is 9.74. The number of carbonyl (C=O) groups is 2. The maximum Gasteiger partial charge on any atom is 0.269 e. The minimum atomic E-state index is -3.88. The first kappa shape index (κ1) is 22.9. The number of methoxy groups -OCH3 is 1. The summed E-state index contributed by atoms with van der Waals surface area (Å²) in [5, 5.41) is 0. The number of sulfonamides is 1. The van der Waals surface area contributed by atoms with Crippen molar-refractivity contribution in [3.63, 3.8) is 0 Å². The number of halogens is 1. The van der Waals surface area contributed by atoms with Gasteiger partial charge in [-0.15, -0.1) is 12.4 Å². The van der Waals surface area contributed by atoms with Crippen LogP contribution in [0.4, 0.5) is 5.69 Å². The number of hydrogen-bond acceptors (Lipinski definition) is 6. The Bertz CT molecular complexity index is 1070. The fourth-order valence-electron chi connectivity index (χ4n) is 3.81. The standard InChI is InChI=1S/C21H23N3O5S.ClH/c1-29-17-8-6-16(7-9-17)22-12-14-23(15-13-22)20(25)10-11-24-21(26)18-4-2-3-5-19(18)30(24,27)28;/h2-9H,10-15H2,1H3;1H. The Morgan fingerprint density at radius 2 is 1.65 bits per heavy atom. The highest BCUT2D eigenvalue weighted by atomic mass is 35.5. The Hall–Kier alpha value is -2.78. The number of anilines is 1. The van der Waals surface area contributed by atoms with Crippen molar-refractivity contribution in [2.24, 2.45) is 0 Å². The third-order valence-corrected chi connectivity index (χ3v) is 7.35. The summed E-state index contributed by atoms with van der Waals surface area (Å²) < 4.78 is 31.2. The number of ether oxygens (including phenoxy) is 1. The molecule has 1 fully saturated rings. The molecule has 0 radical (unpaired) electrons. The summed E-state index contributed by atoms with van der Waals surface area (Å²) in [6.07, 6.45) is -0.0263.